The van der Waals surface area contributed by atoms with Gasteiger partial charge in [-0.25, -0.2) is 4.79 Å². The van der Waals surface area contributed by atoms with Crippen molar-refractivity contribution in [1.29, 1.82) is 0 Å². The van der Waals surface area contributed by atoms with Gasteiger partial charge in [-0.2, -0.15) is 0 Å². The maximum atomic E-state index is 11.9. The van der Waals surface area contributed by atoms with E-state index in [4.69, 9.17) is 9.47 Å². The summed E-state index contributed by atoms with van der Waals surface area (Å²) in [6.45, 7) is 7.72. The maximum absolute atomic E-state index is 11.9. The van der Waals surface area contributed by atoms with Gasteiger partial charge >= 0.3 is 5.97 Å². The molecule has 3 nitrogen and oxygen atoms in total. The van der Waals surface area contributed by atoms with Crippen molar-refractivity contribution in [1.82, 2.24) is 0 Å². The van der Waals surface area contributed by atoms with E-state index in [1.807, 2.05) is 44.2 Å². The van der Waals surface area contributed by atoms with Crippen molar-refractivity contribution in [3.8, 4) is 0 Å². The summed E-state index contributed by atoms with van der Waals surface area (Å²) < 4.78 is 10.7. The number of rotatable bonds is 2. The summed E-state index contributed by atoms with van der Waals surface area (Å²) >= 11 is 0. The predicted octanol–water partition coefficient (Wildman–Crippen LogP) is 2.94. The average Bonchev–Trinajstić information content (AvgIpc) is 2.61. The summed E-state index contributed by atoms with van der Waals surface area (Å²) in [5, 5.41) is 0. The van der Waals surface area contributed by atoms with Crippen LogP contribution in [0, 0.1) is 0 Å². The van der Waals surface area contributed by atoms with Gasteiger partial charge in [0.2, 0.25) is 0 Å². The fraction of sp³-hybridized carbons (Fsp3) is 0.267. The van der Waals surface area contributed by atoms with E-state index in [9.17, 15) is 4.79 Å². The van der Waals surface area contributed by atoms with Gasteiger partial charge in [0.05, 0.1) is 7.11 Å². The van der Waals surface area contributed by atoms with Crippen molar-refractivity contribution >= 4 is 11.7 Å². The van der Waals surface area contributed by atoms with Crippen molar-refractivity contribution in [2.45, 2.75) is 19.4 Å². The van der Waals surface area contributed by atoms with E-state index in [0.717, 1.165) is 5.56 Å². The van der Waals surface area contributed by atoms with Crippen LogP contribution in [0.5, 0.6) is 0 Å². The summed E-state index contributed by atoms with van der Waals surface area (Å²) in [6, 6.07) is 9.50. The minimum absolute atomic E-state index is 0.413. The van der Waals surface area contributed by atoms with Crippen LogP contribution < -0.4 is 0 Å². The minimum Gasteiger partial charge on any atom is -0.482 e. The van der Waals surface area contributed by atoms with Gasteiger partial charge in [0.25, 0.3) is 0 Å². The highest BCUT2D eigenvalue weighted by Crippen LogP contribution is 2.42. The zero-order valence-electron chi connectivity index (χ0n) is 10.8. The van der Waals surface area contributed by atoms with Crippen molar-refractivity contribution in [3.63, 3.8) is 0 Å². The number of benzene rings is 1. The van der Waals surface area contributed by atoms with E-state index < -0.39 is 11.6 Å². The number of esters is 1. The molecule has 1 aliphatic heterocycles. The lowest BCUT2D eigenvalue weighted by Crippen LogP contribution is -2.22. The molecule has 0 unspecified atom stereocenters. The Morgan fingerprint density at radius 1 is 1.28 bits per heavy atom. The third-order valence-electron chi connectivity index (χ3n) is 3.04. The Morgan fingerprint density at radius 3 is 2.44 bits per heavy atom. The molecule has 0 radical (unpaired) electrons. The Morgan fingerprint density at radius 2 is 1.89 bits per heavy atom. The molecule has 3 heteroatoms. The van der Waals surface area contributed by atoms with Crippen LogP contribution in [0.15, 0.2) is 48.1 Å². The van der Waals surface area contributed by atoms with E-state index in [0.29, 0.717) is 16.9 Å². The summed E-state index contributed by atoms with van der Waals surface area (Å²) in [4.78, 5) is 11.9. The monoisotopic (exact) mass is 244 g/mol. The van der Waals surface area contributed by atoms with Gasteiger partial charge in [-0.1, -0.05) is 36.9 Å². The summed E-state index contributed by atoms with van der Waals surface area (Å²) in [6.07, 6.45) is 0. The number of hydrogen-bond acceptors (Lipinski definition) is 3. The Bertz CT molecular complexity index is 524. The van der Waals surface area contributed by atoms with Gasteiger partial charge < -0.3 is 9.47 Å². The second kappa shape index (κ2) is 4.33. The Balaban J connectivity index is 2.56. The number of carbonyl (C=O) groups excluding carboxylic acids is 1. The maximum Gasteiger partial charge on any atom is 0.342 e. The topological polar surface area (TPSA) is 35.5 Å². The molecular formula is C15H16O3. The second-order valence-electron chi connectivity index (χ2n) is 4.65. The molecule has 94 valence electrons. The number of carbonyl (C=O) groups is 1. The third-order valence-corrected chi connectivity index (χ3v) is 3.04. The van der Waals surface area contributed by atoms with Gasteiger partial charge in [-0.05, 0) is 13.8 Å². The number of ether oxygens (including phenoxy) is 2. The van der Waals surface area contributed by atoms with Crippen LogP contribution in [0.4, 0.5) is 0 Å². The largest absolute Gasteiger partial charge is 0.482 e. The van der Waals surface area contributed by atoms with Crippen molar-refractivity contribution in [2.24, 2.45) is 0 Å². The van der Waals surface area contributed by atoms with Gasteiger partial charge in [-0.15, -0.1) is 0 Å². The van der Waals surface area contributed by atoms with Gasteiger partial charge in [0.15, 0.2) is 0 Å². The van der Waals surface area contributed by atoms with Crippen molar-refractivity contribution in [3.05, 3.63) is 53.6 Å². The molecule has 1 heterocycles. The first kappa shape index (κ1) is 12.4. The van der Waals surface area contributed by atoms with E-state index in [1.165, 1.54) is 7.11 Å². The molecule has 0 saturated heterocycles. The van der Waals surface area contributed by atoms with Crippen LogP contribution in [0.25, 0.3) is 5.76 Å². The fourth-order valence-corrected chi connectivity index (χ4v) is 1.92. The lowest BCUT2D eigenvalue weighted by Gasteiger charge is -2.21. The molecule has 0 bridgehead atoms. The van der Waals surface area contributed by atoms with Gasteiger partial charge in [0, 0.05) is 11.1 Å². The van der Waals surface area contributed by atoms with E-state index in [-0.39, 0.29) is 0 Å². The van der Waals surface area contributed by atoms with Gasteiger partial charge in [0.1, 0.15) is 16.9 Å². The molecule has 0 spiro atoms. The molecule has 0 fully saturated rings. The number of hydrogen-bond donors (Lipinski definition) is 0. The molecule has 0 N–H and O–H groups in total. The molecule has 0 aliphatic carbocycles. The molecule has 0 saturated carbocycles. The van der Waals surface area contributed by atoms with E-state index in [2.05, 4.69) is 6.58 Å². The molecule has 1 aromatic carbocycles. The third kappa shape index (κ3) is 1.92. The molecule has 2 rings (SSSR count). The van der Waals surface area contributed by atoms with Crippen molar-refractivity contribution < 1.29 is 14.3 Å². The van der Waals surface area contributed by atoms with Gasteiger partial charge in [-0.3, -0.25) is 0 Å². The fourth-order valence-electron chi connectivity index (χ4n) is 1.92. The summed E-state index contributed by atoms with van der Waals surface area (Å²) in [5.74, 6) is 0.127. The van der Waals surface area contributed by atoms with Crippen LogP contribution in [-0.2, 0) is 14.3 Å². The zero-order chi connectivity index (χ0) is 13.3. The quantitative estimate of drug-likeness (QED) is 0.750. The highest BCUT2D eigenvalue weighted by molar-refractivity contribution is 6.02. The van der Waals surface area contributed by atoms with Crippen molar-refractivity contribution in [2.75, 3.05) is 7.11 Å². The Hall–Kier alpha value is -2.03. The molecule has 0 amide bonds. The van der Waals surface area contributed by atoms with E-state index in [1.54, 1.807) is 0 Å². The Kier molecular flexibility index (Phi) is 2.99. The Labute approximate surface area is 107 Å². The average molecular weight is 244 g/mol. The highest BCUT2D eigenvalue weighted by atomic mass is 16.5. The lowest BCUT2D eigenvalue weighted by atomic mass is 9.94. The van der Waals surface area contributed by atoms with E-state index >= 15 is 0 Å². The molecule has 0 aromatic heterocycles. The second-order valence-corrected chi connectivity index (χ2v) is 4.65. The van der Waals surface area contributed by atoms with Crippen LogP contribution in [-0.4, -0.2) is 18.7 Å². The predicted molar refractivity (Wildman–Crippen MR) is 69.7 cm³/mol. The SMILES string of the molecule is C=C1C(C(=O)OC)=C(c2ccccc2)OC1(C)C. The summed E-state index contributed by atoms with van der Waals surface area (Å²) in [7, 11) is 1.36. The highest BCUT2D eigenvalue weighted by Gasteiger charge is 2.40. The summed E-state index contributed by atoms with van der Waals surface area (Å²) in [5.41, 5.74) is 1.33. The first-order chi connectivity index (χ1) is 8.47. The first-order valence-electron chi connectivity index (χ1n) is 5.74. The molecular weight excluding hydrogens is 228 g/mol. The minimum atomic E-state index is -0.589. The standard InChI is InChI=1S/C15H16O3/c1-10-12(14(16)17-4)13(18-15(10,2)3)11-8-6-5-7-9-11/h5-9H,1H2,2-4H3. The van der Waals surface area contributed by atoms with Crippen LogP contribution in [0.2, 0.25) is 0 Å². The molecule has 0 atom stereocenters. The van der Waals surface area contributed by atoms with Crippen LogP contribution in [0.3, 0.4) is 0 Å². The zero-order valence-corrected chi connectivity index (χ0v) is 10.8. The normalized spacial score (nSPS) is 17.6. The van der Waals surface area contributed by atoms with Crippen LogP contribution in [0.1, 0.15) is 19.4 Å². The molecule has 1 aromatic rings. The molecule has 18 heavy (non-hydrogen) atoms. The number of methoxy groups -OCH3 is 1. The lowest BCUT2D eigenvalue weighted by molar-refractivity contribution is -0.135. The van der Waals surface area contributed by atoms with Crippen LogP contribution >= 0.6 is 0 Å². The smallest absolute Gasteiger partial charge is 0.342 e. The molecule has 1 aliphatic rings. The first-order valence-corrected chi connectivity index (χ1v) is 5.74.